The molecule has 0 aromatic carbocycles. The van der Waals surface area contributed by atoms with E-state index in [0.717, 1.165) is 36.6 Å². The van der Waals surface area contributed by atoms with Crippen molar-refractivity contribution in [2.45, 2.75) is 66.5 Å². The number of aromatic nitrogens is 2. The number of hydrogen-bond acceptors (Lipinski definition) is 2. The average molecular weight is 286 g/mol. The zero-order chi connectivity index (χ0) is 14.4. The normalized spacial score (nSPS) is 13.2. The van der Waals surface area contributed by atoms with Crippen molar-refractivity contribution >= 4 is 11.6 Å². The lowest BCUT2D eigenvalue weighted by Gasteiger charge is -2.20. The van der Waals surface area contributed by atoms with E-state index in [2.05, 4.69) is 49.7 Å². The summed E-state index contributed by atoms with van der Waals surface area (Å²) >= 11 is 6.48. The lowest BCUT2D eigenvalue weighted by Crippen LogP contribution is -2.33. The van der Waals surface area contributed by atoms with Crippen molar-refractivity contribution < 1.29 is 0 Å². The molecule has 0 radical (unpaired) electrons. The monoisotopic (exact) mass is 285 g/mol. The smallest absolute Gasteiger partial charge is 0.0850 e. The van der Waals surface area contributed by atoms with Crippen molar-refractivity contribution in [3.63, 3.8) is 0 Å². The molecule has 0 saturated carbocycles. The summed E-state index contributed by atoms with van der Waals surface area (Å²) in [5.74, 6) is 0.687. The van der Waals surface area contributed by atoms with Crippen LogP contribution in [0.4, 0.5) is 0 Å². The van der Waals surface area contributed by atoms with Crippen LogP contribution in [0, 0.1) is 5.92 Å². The van der Waals surface area contributed by atoms with Gasteiger partial charge in [0, 0.05) is 19.0 Å². The highest BCUT2D eigenvalue weighted by atomic mass is 35.5. The summed E-state index contributed by atoms with van der Waals surface area (Å²) in [6, 6.07) is 0.481. The van der Waals surface area contributed by atoms with E-state index in [9.17, 15) is 0 Å². The van der Waals surface area contributed by atoms with Crippen molar-refractivity contribution in [3.8, 4) is 0 Å². The summed E-state index contributed by atoms with van der Waals surface area (Å²) in [4.78, 5) is 0. The Morgan fingerprint density at radius 1 is 1.26 bits per heavy atom. The van der Waals surface area contributed by atoms with Crippen LogP contribution in [0.5, 0.6) is 0 Å². The lowest BCUT2D eigenvalue weighted by atomic mass is 9.99. The Morgan fingerprint density at radius 2 is 1.95 bits per heavy atom. The largest absolute Gasteiger partial charge is 0.314 e. The SMILES string of the molecule is CCNC(Cc1c(Cl)c(CC)nn1CC)CC(C)C. The molecule has 1 aromatic heterocycles. The van der Waals surface area contributed by atoms with Gasteiger partial charge in [0.15, 0.2) is 0 Å². The third-order valence-corrected chi connectivity index (χ3v) is 3.82. The van der Waals surface area contributed by atoms with E-state index in [1.165, 1.54) is 12.1 Å². The molecule has 0 amide bonds. The summed E-state index contributed by atoms with van der Waals surface area (Å²) in [5, 5.41) is 9.04. The second-order valence-corrected chi connectivity index (χ2v) is 5.84. The molecule has 110 valence electrons. The van der Waals surface area contributed by atoms with Gasteiger partial charge in [-0.05, 0) is 32.2 Å². The first-order valence-corrected chi connectivity index (χ1v) is 7.88. The average Bonchev–Trinajstić information content (AvgIpc) is 2.66. The summed E-state index contributed by atoms with van der Waals surface area (Å²) in [6.45, 7) is 12.8. The molecule has 0 bridgehead atoms. The maximum atomic E-state index is 6.48. The molecular formula is C15H28ClN3. The highest BCUT2D eigenvalue weighted by Crippen LogP contribution is 2.24. The fraction of sp³-hybridized carbons (Fsp3) is 0.800. The quantitative estimate of drug-likeness (QED) is 0.789. The molecule has 1 rings (SSSR count). The second-order valence-electron chi connectivity index (χ2n) is 5.46. The highest BCUT2D eigenvalue weighted by molar-refractivity contribution is 6.31. The fourth-order valence-corrected chi connectivity index (χ4v) is 2.89. The summed E-state index contributed by atoms with van der Waals surface area (Å²) < 4.78 is 2.06. The van der Waals surface area contributed by atoms with E-state index in [0.29, 0.717) is 12.0 Å². The minimum Gasteiger partial charge on any atom is -0.314 e. The predicted molar refractivity (Wildman–Crippen MR) is 82.9 cm³/mol. The molecule has 19 heavy (non-hydrogen) atoms. The van der Waals surface area contributed by atoms with E-state index in [1.807, 2.05) is 0 Å². The van der Waals surface area contributed by atoms with Gasteiger partial charge in [-0.25, -0.2) is 0 Å². The first-order chi connectivity index (χ1) is 9.03. The number of halogens is 1. The number of likely N-dealkylation sites (N-methyl/N-ethyl adjacent to an activating group) is 1. The number of rotatable bonds is 8. The Balaban J connectivity index is 2.91. The van der Waals surface area contributed by atoms with Gasteiger partial charge in [-0.1, -0.05) is 39.3 Å². The molecule has 0 aliphatic carbocycles. The lowest BCUT2D eigenvalue weighted by molar-refractivity contribution is 0.413. The molecular weight excluding hydrogens is 258 g/mol. The molecule has 3 nitrogen and oxygen atoms in total. The minimum atomic E-state index is 0.481. The van der Waals surface area contributed by atoms with Gasteiger partial charge >= 0.3 is 0 Å². The fourth-order valence-electron chi connectivity index (χ4n) is 2.54. The molecule has 1 N–H and O–H groups in total. The van der Waals surface area contributed by atoms with E-state index in [4.69, 9.17) is 11.6 Å². The van der Waals surface area contributed by atoms with Gasteiger partial charge in [0.1, 0.15) is 0 Å². The second kappa shape index (κ2) is 7.91. The van der Waals surface area contributed by atoms with Gasteiger partial charge < -0.3 is 5.32 Å². The molecule has 1 atom stereocenters. The van der Waals surface area contributed by atoms with Crippen LogP contribution in [-0.4, -0.2) is 22.4 Å². The van der Waals surface area contributed by atoms with Crippen molar-refractivity contribution in [2.24, 2.45) is 5.92 Å². The molecule has 4 heteroatoms. The van der Waals surface area contributed by atoms with Gasteiger partial charge in [0.05, 0.1) is 16.4 Å². The van der Waals surface area contributed by atoms with Crippen molar-refractivity contribution in [3.05, 3.63) is 16.4 Å². The number of nitrogens with one attached hydrogen (secondary N) is 1. The summed E-state index contributed by atoms with van der Waals surface area (Å²) in [6.07, 6.45) is 3.03. The molecule has 0 fully saturated rings. The Bertz CT molecular complexity index is 385. The number of nitrogens with zero attached hydrogens (tertiary/aromatic N) is 2. The predicted octanol–water partition coefficient (Wildman–Crippen LogP) is 3.69. The van der Waals surface area contributed by atoms with Crippen LogP contribution in [0.15, 0.2) is 0 Å². The number of hydrogen-bond donors (Lipinski definition) is 1. The standard InChI is InChI=1S/C15H28ClN3/c1-6-13-15(16)14(19(8-3)18-13)10-12(17-7-2)9-11(4)5/h11-12,17H,6-10H2,1-5H3. The first kappa shape index (κ1) is 16.5. The number of aryl methyl sites for hydroxylation is 2. The van der Waals surface area contributed by atoms with Gasteiger partial charge in [-0.15, -0.1) is 0 Å². The Kier molecular flexibility index (Phi) is 6.87. The van der Waals surface area contributed by atoms with E-state index in [1.54, 1.807) is 0 Å². The molecule has 1 aromatic rings. The molecule has 0 aliphatic rings. The van der Waals surface area contributed by atoms with Crippen molar-refractivity contribution in [2.75, 3.05) is 6.54 Å². The third-order valence-electron chi connectivity index (χ3n) is 3.38. The van der Waals surface area contributed by atoms with Crippen LogP contribution < -0.4 is 5.32 Å². The maximum Gasteiger partial charge on any atom is 0.0850 e. The van der Waals surface area contributed by atoms with Crippen LogP contribution in [0.1, 0.15) is 52.4 Å². The van der Waals surface area contributed by atoms with Crippen LogP contribution in [0.2, 0.25) is 5.02 Å². The minimum absolute atomic E-state index is 0.481. The van der Waals surface area contributed by atoms with E-state index in [-0.39, 0.29) is 0 Å². The first-order valence-electron chi connectivity index (χ1n) is 7.50. The molecule has 0 saturated heterocycles. The van der Waals surface area contributed by atoms with Crippen LogP contribution >= 0.6 is 11.6 Å². The van der Waals surface area contributed by atoms with Gasteiger partial charge in [-0.3, -0.25) is 4.68 Å². The molecule has 1 heterocycles. The van der Waals surface area contributed by atoms with Gasteiger partial charge in [0.2, 0.25) is 0 Å². The van der Waals surface area contributed by atoms with Gasteiger partial charge in [-0.2, -0.15) is 5.10 Å². The Morgan fingerprint density at radius 3 is 2.42 bits per heavy atom. The topological polar surface area (TPSA) is 29.9 Å². The van der Waals surface area contributed by atoms with Crippen LogP contribution in [0.3, 0.4) is 0 Å². The van der Waals surface area contributed by atoms with Crippen LogP contribution in [-0.2, 0) is 19.4 Å². The zero-order valence-corrected chi connectivity index (χ0v) is 13.7. The Hall–Kier alpha value is -0.540. The third kappa shape index (κ3) is 4.50. The van der Waals surface area contributed by atoms with Crippen molar-refractivity contribution in [1.82, 2.24) is 15.1 Å². The highest BCUT2D eigenvalue weighted by Gasteiger charge is 2.19. The summed E-state index contributed by atoms with van der Waals surface area (Å²) in [5.41, 5.74) is 2.21. The summed E-state index contributed by atoms with van der Waals surface area (Å²) in [7, 11) is 0. The molecule has 0 aliphatic heterocycles. The Labute approximate surface area is 122 Å². The maximum absolute atomic E-state index is 6.48. The van der Waals surface area contributed by atoms with Crippen LogP contribution in [0.25, 0.3) is 0 Å². The molecule has 0 spiro atoms. The zero-order valence-electron chi connectivity index (χ0n) is 13.0. The molecule has 1 unspecified atom stereocenters. The van der Waals surface area contributed by atoms with Gasteiger partial charge in [0.25, 0.3) is 0 Å². The van der Waals surface area contributed by atoms with E-state index >= 15 is 0 Å². The van der Waals surface area contributed by atoms with Crippen molar-refractivity contribution in [1.29, 1.82) is 0 Å². The van der Waals surface area contributed by atoms with E-state index < -0.39 is 0 Å².